The number of hydrogen-bond acceptors (Lipinski definition) is 4. The molecule has 2 aliphatic rings. The molecule has 1 N–H and O–H groups in total. The number of benzene rings is 2. The lowest BCUT2D eigenvalue weighted by Gasteiger charge is -2.35. The highest BCUT2D eigenvalue weighted by molar-refractivity contribution is 5.77. The number of carbonyl (C=O) groups excluding carboxylic acids is 1. The molecule has 0 aromatic heterocycles. The number of halogens is 2. The van der Waals surface area contributed by atoms with Crippen LogP contribution in [0, 0.1) is 11.6 Å². The molecule has 0 radical (unpaired) electrons. The molecule has 2 heterocycles. The first-order valence-corrected chi connectivity index (χ1v) is 10.6. The van der Waals surface area contributed by atoms with Crippen molar-refractivity contribution in [1.82, 2.24) is 10.2 Å². The van der Waals surface area contributed by atoms with Crippen molar-refractivity contribution >= 4 is 5.91 Å². The molecule has 2 atom stereocenters. The van der Waals surface area contributed by atoms with E-state index in [9.17, 15) is 13.6 Å². The Morgan fingerprint density at radius 3 is 2.61 bits per heavy atom. The van der Waals surface area contributed by atoms with Gasteiger partial charge in [0.1, 0.15) is 11.6 Å². The van der Waals surface area contributed by atoms with Crippen molar-refractivity contribution in [2.75, 3.05) is 27.3 Å². The highest BCUT2D eigenvalue weighted by Crippen LogP contribution is 2.42. The van der Waals surface area contributed by atoms with Gasteiger partial charge in [-0.2, -0.15) is 0 Å². The van der Waals surface area contributed by atoms with Crippen LogP contribution < -0.4 is 14.8 Å². The van der Waals surface area contributed by atoms with Gasteiger partial charge in [0.25, 0.3) is 0 Å². The van der Waals surface area contributed by atoms with Gasteiger partial charge in [0, 0.05) is 43.6 Å². The molecule has 2 aromatic carbocycles. The zero-order valence-electron chi connectivity index (χ0n) is 17.9. The molecule has 166 valence electrons. The Bertz CT molecular complexity index is 948. The number of ether oxygens (including phenoxy) is 2. The summed E-state index contributed by atoms with van der Waals surface area (Å²) < 4.78 is 39.1. The molecular weight excluding hydrogens is 402 g/mol. The number of nitrogens with one attached hydrogen (secondary N) is 1. The largest absolute Gasteiger partial charge is 0.493 e. The fraction of sp³-hybridized carbons (Fsp3) is 0.458. The minimum absolute atomic E-state index is 0.000172. The lowest BCUT2D eigenvalue weighted by Crippen LogP contribution is -2.52. The Kier molecular flexibility index (Phi) is 6.14. The first kappa shape index (κ1) is 21.6. The van der Waals surface area contributed by atoms with E-state index < -0.39 is 17.2 Å². The van der Waals surface area contributed by atoms with Crippen LogP contribution in [0.5, 0.6) is 11.5 Å². The summed E-state index contributed by atoms with van der Waals surface area (Å²) in [5.74, 6) is -0.0859. The third-order valence-corrected chi connectivity index (χ3v) is 6.44. The Balaban J connectivity index is 1.69. The molecule has 2 aromatic rings. The molecule has 0 unspecified atom stereocenters. The molecule has 2 saturated heterocycles. The van der Waals surface area contributed by atoms with Crippen LogP contribution in [0.1, 0.15) is 42.7 Å². The lowest BCUT2D eigenvalue weighted by molar-refractivity contribution is -0.122. The Morgan fingerprint density at radius 1 is 1.13 bits per heavy atom. The van der Waals surface area contributed by atoms with E-state index in [1.807, 2.05) is 18.2 Å². The highest BCUT2D eigenvalue weighted by Gasteiger charge is 2.48. The normalized spacial score (nSPS) is 24.1. The van der Waals surface area contributed by atoms with Gasteiger partial charge < -0.3 is 14.8 Å². The number of hydrogen-bond donors (Lipinski definition) is 1. The van der Waals surface area contributed by atoms with Crippen LogP contribution >= 0.6 is 0 Å². The van der Waals surface area contributed by atoms with Crippen LogP contribution in [-0.4, -0.2) is 43.7 Å². The molecule has 0 bridgehead atoms. The van der Waals surface area contributed by atoms with Gasteiger partial charge in [-0.15, -0.1) is 0 Å². The molecule has 5 nitrogen and oxygen atoms in total. The molecule has 4 rings (SSSR count). The molecule has 1 amide bonds. The van der Waals surface area contributed by atoms with E-state index >= 15 is 0 Å². The fourth-order valence-corrected chi connectivity index (χ4v) is 5.16. The second-order valence-electron chi connectivity index (χ2n) is 8.49. The molecule has 31 heavy (non-hydrogen) atoms. The zero-order chi connectivity index (χ0) is 22.0. The summed E-state index contributed by atoms with van der Waals surface area (Å²) in [6.45, 7) is 1.75. The lowest BCUT2D eigenvalue weighted by atomic mass is 9.79. The van der Waals surface area contributed by atoms with Gasteiger partial charge in [0.15, 0.2) is 11.5 Å². The van der Waals surface area contributed by atoms with Crippen molar-refractivity contribution in [3.05, 3.63) is 59.2 Å². The molecule has 0 aliphatic carbocycles. The van der Waals surface area contributed by atoms with E-state index in [1.54, 1.807) is 14.2 Å². The first-order valence-electron chi connectivity index (χ1n) is 10.6. The van der Waals surface area contributed by atoms with E-state index in [-0.39, 0.29) is 11.8 Å². The van der Waals surface area contributed by atoms with Crippen molar-refractivity contribution in [3.63, 3.8) is 0 Å². The van der Waals surface area contributed by atoms with E-state index in [1.165, 1.54) is 12.1 Å². The van der Waals surface area contributed by atoms with Gasteiger partial charge >= 0.3 is 0 Å². The maximum absolute atomic E-state index is 14.0. The SMILES string of the molecule is COc1cccc(CN2C[C@@H](c3cc(F)cc(F)c3)[C@@]3(CCCCC(=O)N3)C2)c1OC. The number of methoxy groups -OCH3 is 2. The van der Waals surface area contributed by atoms with Crippen molar-refractivity contribution in [3.8, 4) is 11.5 Å². The summed E-state index contributed by atoms with van der Waals surface area (Å²) in [6.07, 6.45) is 2.97. The van der Waals surface area contributed by atoms with E-state index in [2.05, 4.69) is 10.2 Å². The minimum atomic E-state index is -0.599. The summed E-state index contributed by atoms with van der Waals surface area (Å²) in [5, 5.41) is 3.23. The van der Waals surface area contributed by atoms with Gasteiger partial charge in [-0.3, -0.25) is 9.69 Å². The molecule has 0 saturated carbocycles. The predicted molar refractivity (Wildman–Crippen MR) is 113 cm³/mol. The molecule has 2 fully saturated rings. The summed E-state index contributed by atoms with van der Waals surface area (Å²) in [4.78, 5) is 14.7. The number of para-hydroxylation sites is 1. The maximum atomic E-state index is 14.0. The summed E-state index contributed by atoms with van der Waals surface area (Å²) in [6, 6.07) is 9.40. The summed E-state index contributed by atoms with van der Waals surface area (Å²) >= 11 is 0. The molecular formula is C24H28F2N2O3. The zero-order valence-corrected chi connectivity index (χ0v) is 17.9. The number of likely N-dealkylation sites (tertiary alicyclic amines) is 1. The van der Waals surface area contributed by atoms with Gasteiger partial charge in [-0.1, -0.05) is 18.6 Å². The molecule has 7 heteroatoms. The summed E-state index contributed by atoms with van der Waals surface area (Å²) in [5.41, 5.74) is 0.989. The van der Waals surface area contributed by atoms with Gasteiger partial charge in [0.05, 0.1) is 19.8 Å². The van der Waals surface area contributed by atoms with Gasteiger partial charge in [0.2, 0.25) is 5.91 Å². The Labute approximate surface area is 181 Å². The fourth-order valence-electron chi connectivity index (χ4n) is 5.16. The van der Waals surface area contributed by atoms with Crippen LogP contribution in [-0.2, 0) is 11.3 Å². The predicted octanol–water partition coefficient (Wildman–Crippen LogP) is 4.01. The second-order valence-corrected chi connectivity index (χ2v) is 8.49. The first-order chi connectivity index (χ1) is 14.9. The standard InChI is InChI=1S/C24H28F2N2O3/c1-30-21-7-5-6-16(23(21)31-2)13-28-14-20(17-10-18(25)12-19(26)11-17)24(15-28)9-4-3-8-22(29)27-24/h5-7,10-12,20H,3-4,8-9,13-15H2,1-2H3,(H,27,29)/t20-,24+/m0/s1. The van der Waals surface area contributed by atoms with Crippen molar-refractivity contribution in [2.24, 2.45) is 0 Å². The average molecular weight is 430 g/mol. The Morgan fingerprint density at radius 2 is 1.90 bits per heavy atom. The third-order valence-electron chi connectivity index (χ3n) is 6.44. The highest BCUT2D eigenvalue weighted by atomic mass is 19.1. The van der Waals surface area contributed by atoms with E-state index in [4.69, 9.17) is 9.47 Å². The number of carbonyl (C=O) groups is 1. The topological polar surface area (TPSA) is 50.8 Å². The third kappa shape index (κ3) is 4.37. The molecule has 1 spiro atoms. The van der Waals surface area contributed by atoms with Crippen LogP contribution in [0.2, 0.25) is 0 Å². The van der Waals surface area contributed by atoms with Crippen LogP contribution in [0.3, 0.4) is 0 Å². The van der Waals surface area contributed by atoms with Crippen LogP contribution in [0.4, 0.5) is 8.78 Å². The van der Waals surface area contributed by atoms with E-state index in [0.717, 1.165) is 30.9 Å². The quantitative estimate of drug-likeness (QED) is 0.779. The number of amides is 1. The van der Waals surface area contributed by atoms with Crippen LogP contribution in [0.15, 0.2) is 36.4 Å². The van der Waals surface area contributed by atoms with Crippen molar-refractivity contribution < 1.29 is 23.0 Å². The van der Waals surface area contributed by atoms with Gasteiger partial charge in [-0.25, -0.2) is 8.78 Å². The number of rotatable bonds is 5. The van der Waals surface area contributed by atoms with E-state index in [0.29, 0.717) is 43.1 Å². The minimum Gasteiger partial charge on any atom is -0.493 e. The monoisotopic (exact) mass is 430 g/mol. The molecule has 2 aliphatic heterocycles. The summed E-state index contributed by atoms with van der Waals surface area (Å²) in [7, 11) is 3.21. The smallest absolute Gasteiger partial charge is 0.220 e. The Hall–Kier alpha value is -2.67. The number of nitrogens with zero attached hydrogens (tertiary/aromatic N) is 1. The maximum Gasteiger partial charge on any atom is 0.220 e. The van der Waals surface area contributed by atoms with Crippen molar-refractivity contribution in [1.29, 1.82) is 0 Å². The van der Waals surface area contributed by atoms with Crippen LogP contribution in [0.25, 0.3) is 0 Å². The average Bonchev–Trinajstić information content (AvgIpc) is 2.96. The second kappa shape index (κ2) is 8.83. The van der Waals surface area contributed by atoms with Gasteiger partial charge in [-0.05, 0) is 36.6 Å². The van der Waals surface area contributed by atoms with Crippen molar-refractivity contribution in [2.45, 2.75) is 43.7 Å².